The first-order valence-corrected chi connectivity index (χ1v) is 13.0. The van der Waals surface area contributed by atoms with E-state index in [4.69, 9.17) is 14.6 Å². The summed E-state index contributed by atoms with van der Waals surface area (Å²) in [5.74, 6) is 0.353. The molecule has 7 nitrogen and oxygen atoms in total. The highest BCUT2D eigenvalue weighted by atomic mass is 16.8. The SMILES string of the molecule is CC1(C)OC23CCC4(C)C(CCC5Cc6c([nH]c7ccccc67)C54)C2=CC(=O)C1O3.COC(=O)CO. The number of hydrogen-bond donors (Lipinski definition) is 2. The zero-order valence-corrected chi connectivity index (χ0v) is 21.4. The number of benzene rings is 1. The quantitative estimate of drug-likeness (QED) is 0.579. The standard InChI is InChI=1S/C26H29NO3.C3H6O3/c1-24(2)23-20(28)13-18-17-9-8-14-12-16-15-6-4-5-7-19(15)27-22(16)21(14)25(17,3)10-11-26(18,29-23)30-24;1-6-3(5)2-4/h4-7,13-14,17,21,23,27H,8-12H2,1-3H3;4H,2H2,1H3. The van der Waals surface area contributed by atoms with E-state index in [-0.39, 0.29) is 11.2 Å². The van der Waals surface area contributed by atoms with Crippen molar-refractivity contribution in [2.24, 2.45) is 17.3 Å². The second kappa shape index (κ2) is 8.01. The summed E-state index contributed by atoms with van der Waals surface area (Å²) in [6.07, 6.45) is 6.88. The molecule has 192 valence electrons. The molecule has 36 heavy (non-hydrogen) atoms. The maximum Gasteiger partial charge on any atom is 0.331 e. The van der Waals surface area contributed by atoms with Crippen molar-refractivity contribution in [3.05, 3.63) is 47.2 Å². The van der Waals surface area contributed by atoms with Crippen molar-refractivity contribution in [3.63, 3.8) is 0 Å². The zero-order valence-electron chi connectivity index (χ0n) is 21.4. The van der Waals surface area contributed by atoms with E-state index in [0.717, 1.165) is 24.8 Å². The van der Waals surface area contributed by atoms with E-state index in [0.29, 0.717) is 17.8 Å². The van der Waals surface area contributed by atoms with Crippen molar-refractivity contribution in [1.82, 2.24) is 4.98 Å². The highest BCUT2D eigenvalue weighted by Crippen LogP contribution is 2.68. The molecule has 1 spiro atoms. The molecule has 1 aromatic heterocycles. The number of aliphatic hydroxyl groups is 1. The van der Waals surface area contributed by atoms with Gasteiger partial charge in [-0.1, -0.05) is 25.1 Å². The number of fused-ring (bicyclic) bond motifs is 9. The number of para-hydroxylation sites is 1. The molecule has 2 bridgehead atoms. The number of esters is 1. The minimum atomic E-state index is -0.680. The number of methoxy groups -OCH3 is 1. The first-order valence-electron chi connectivity index (χ1n) is 13.0. The summed E-state index contributed by atoms with van der Waals surface area (Å²) in [7, 11) is 1.22. The second-order valence-electron chi connectivity index (χ2n) is 11.8. The van der Waals surface area contributed by atoms with Gasteiger partial charge in [-0.3, -0.25) is 4.79 Å². The third-order valence-electron chi connectivity index (χ3n) is 9.52. The number of hydrogen-bond acceptors (Lipinski definition) is 6. The number of carbonyl (C=O) groups is 2. The molecule has 3 heterocycles. The van der Waals surface area contributed by atoms with Crippen LogP contribution < -0.4 is 0 Å². The second-order valence-corrected chi connectivity index (χ2v) is 11.8. The molecule has 6 unspecified atom stereocenters. The summed E-state index contributed by atoms with van der Waals surface area (Å²) < 4.78 is 16.9. The Morgan fingerprint density at radius 3 is 2.69 bits per heavy atom. The summed E-state index contributed by atoms with van der Waals surface area (Å²) in [5, 5.41) is 9.26. The molecular weight excluding hydrogens is 458 g/mol. The lowest BCUT2D eigenvalue weighted by Gasteiger charge is -2.57. The Morgan fingerprint density at radius 2 is 1.97 bits per heavy atom. The van der Waals surface area contributed by atoms with Gasteiger partial charge < -0.3 is 24.3 Å². The molecule has 2 aromatic rings. The van der Waals surface area contributed by atoms with E-state index in [1.807, 2.05) is 19.9 Å². The van der Waals surface area contributed by atoms with Crippen LogP contribution >= 0.6 is 0 Å². The molecule has 6 atom stereocenters. The van der Waals surface area contributed by atoms with Gasteiger partial charge in [0.2, 0.25) is 0 Å². The molecule has 7 rings (SSSR count). The monoisotopic (exact) mass is 493 g/mol. The van der Waals surface area contributed by atoms with Crippen LogP contribution in [0.15, 0.2) is 35.9 Å². The van der Waals surface area contributed by atoms with Gasteiger partial charge in [-0.2, -0.15) is 0 Å². The number of ether oxygens (including phenoxy) is 3. The average molecular weight is 494 g/mol. The summed E-state index contributed by atoms with van der Waals surface area (Å²) in [6.45, 7) is 5.94. The highest BCUT2D eigenvalue weighted by molar-refractivity contribution is 5.97. The van der Waals surface area contributed by atoms with Gasteiger partial charge in [0.1, 0.15) is 12.2 Å². The molecule has 0 radical (unpaired) electrons. The number of carbonyl (C=O) groups excluding carboxylic acids is 2. The minimum absolute atomic E-state index is 0.0900. The molecule has 3 fully saturated rings. The van der Waals surface area contributed by atoms with E-state index >= 15 is 0 Å². The number of rotatable bonds is 1. The van der Waals surface area contributed by atoms with Crippen molar-refractivity contribution in [2.45, 2.75) is 76.3 Å². The van der Waals surface area contributed by atoms with Crippen molar-refractivity contribution >= 4 is 22.7 Å². The molecule has 5 aliphatic rings. The molecule has 0 amide bonds. The Labute approximate surface area is 211 Å². The van der Waals surface area contributed by atoms with Gasteiger partial charge in [-0.15, -0.1) is 0 Å². The van der Waals surface area contributed by atoms with Gasteiger partial charge in [0.05, 0.1) is 7.11 Å². The number of aliphatic hydroxyl groups excluding tert-OH is 1. The smallest absolute Gasteiger partial charge is 0.331 e. The van der Waals surface area contributed by atoms with Crippen molar-refractivity contribution in [1.29, 1.82) is 0 Å². The van der Waals surface area contributed by atoms with Crippen LogP contribution in [0, 0.1) is 17.3 Å². The number of nitrogens with one attached hydrogen (secondary N) is 1. The fraction of sp³-hybridized carbons (Fsp3) is 0.586. The van der Waals surface area contributed by atoms with Crippen LogP contribution in [0.1, 0.15) is 63.6 Å². The maximum absolute atomic E-state index is 13.0. The molecule has 1 aromatic carbocycles. The van der Waals surface area contributed by atoms with E-state index in [1.165, 1.54) is 42.1 Å². The summed E-state index contributed by atoms with van der Waals surface area (Å²) in [5.41, 5.74) is 4.95. The van der Waals surface area contributed by atoms with Gasteiger partial charge in [0, 0.05) is 28.9 Å². The normalized spacial score (nSPS) is 37.1. The lowest BCUT2D eigenvalue weighted by molar-refractivity contribution is -0.199. The van der Waals surface area contributed by atoms with Crippen molar-refractivity contribution in [2.75, 3.05) is 13.7 Å². The maximum atomic E-state index is 13.0. The number of H-pyrrole nitrogens is 1. The van der Waals surface area contributed by atoms with Crippen LogP contribution in [0.2, 0.25) is 0 Å². The summed E-state index contributed by atoms with van der Waals surface area (Å²) >= 11 is 0. The van der Waals surface area contributed by atoms with Crippen LogP contribution in [0.25, 0.3) is 10.9 Å². The van der Waals surface area contributed by atoms with Gasteiger partial charge in [0.25, 0.3) is 0 Å². The predicted molar refractivity (Wildman–Crippen MR) is 133 cm³/mol. The average Bonchev–Trinajstić information content (AvgIpc) is 3.47. The van der Waals surface area contributed by atoms with Crippen molar-refractivity contribution in [3.8, 4) is 0 Å². The van der Waals surface area contributed by atoms with Gasteiger partial charge in [0.15, 0.2) is 17.7 Å². The molecule has 1 saturated heterocycles. The molecule has 2 saturated carbocycles. The zero-order chi connectivity index (χ0) is 25.5. The van der Waals surface area contributed by atoms with Crippen LogP contribution in [0.4, 0.5) is 0 Å². The molecule has 2 N–H and O–H groups in total. The first kappa shape index (κ1) is 23.9. The Kier molecular flexibility index (Phi) is 5.31. The Hall–Kier alpha value is -2.48. The Balaban J connectivity index is 0.000000361. The van der Waals surface area contributed by atoms with E-state index in [2.05, 4.69) is 40.9 Å². The molecule has 3 aliphatic carbocycles. The molecule has 7 heteroatoms. The topological polar surface area (TPSA) is 97.9 Å². The van der Waals surface area contributed by atoms with Crippen LogP contribution in [0.3, 0.4) is 0 Å². The summed E-state index contributed by atoms with van der Waals surface area (Å²) in [6, 6.07) is 8.74. The summed E-state index contributed by atoms with van der Waals surface area (Å²) in [4.78, 5) is 26.5. The van der Waals surface area contributed by atoms with Crippen LogP contribution in [0.5, 0.6) is 0 Å². The largest absolute Gasteiger partial charge is 0.467 e. The molecule has 2 aliphatic heterocycles. The Bertz CT molecular complexity index is 1270. The predicted octanol–water partition coefficient (Wildman–Crippen LogP) is 4.19. The van der Waals surface area contributed by atoms with E-state index in [9.17, 15) is 9.59 Å². The number of aromatic nitrogens is 1. The van der Waals surface area contributed by atoms with Crippen LogP contribution in [-0.2, 0) is 30.2 Å². The number of aromatic amines is 1. The van der Waals surface area contributed by atoms with Gasteiger partial charge >= 0.3 is 5.97 Å². The third-order valence-corrected chi connectivity index (χ3v) is 9.52. The van der Waals surface area contributed by atoms with E-state index in [1.54, 1.807) is 0 Å². The number of ketones is 1. The fourth-order valence-electron chi connectivity index (χ4n) is 8.05. The van der Waals surface area contributed by atoms with Gasteiger partial charge in [-0.25, -0.2) is 4.79 Å². The highest BCUT2D eigenvalue weighted by Gasteiger charge is 2.66. The van der Waals surface area contributed by atoms with Crippen molar-refractivity contribution < 1.29 is 28.9 Å². The molecular formula is C29H35NO6. The third kappa shape index (κ3) is 3.22. The Morgan fingerprint density at radius 1 is 1.19 bits per heavy atom. The fourth-order valence-corrected chi connectivity index (χ4v) is 8.05. The minimum Gasteiger partial charge on any atom is -0.467 e. The lowest BCUT2D eigenvalue weighted by atomic mass is 9.50. The first-order chi connectivity index (χ1) is 17.1. The van der Waals surface area contributed by atoms with E-state index < -0.39 is 30.1 Å². The van der Waals surface area contributed by atoms with Gasteiger partial charge in [-0.05, 0) is 80.1 Å². The van der Waals surface area contributed by atoms with Crippen LogP contribution in [-0.4, -0.2) is 53.1 Å². The lowest BCUT2D eigenvalue weighted by Crippen LogP contribution is -2.54.